The van der Waals surface area contributed by atoms with Crippen LogP contribution in [-0.2, 0) is 9.84 Å². The van der Waals surface area contributed by atoms with Gasteiger partial charge in [-0.05, 0) is 12.1 Å². The molecule has 4 nitrogen and oxygen atoms in total. The number of hydrogen-bond acceptors (Lipinski definition) is 4. The Hall–Kier alpha value is -1.44. The lowest BCUT2D eigenvalue weighted by molar-refractivity contribution is -0.274. The highest BCUT2D eigenvalue weighted by molar-refractivity contribution is 7.90. The van der Waals surface area contributed by atoms with Crippen LogP contribution in [0.5, 0.6) is 5.75 Å². The quantitative estimate of drug-likeness (QED) is 0.814. The summed E-state index contributed by atoms with van der Waals surface area (Å²) in [4.78, 5) is -0.291. The van der Waals surface area contributed by atoms with E-state index in [-0.39, 0.29) is 10.6 Å². The third kappa shape index (κ3) is 3.30. The van der Waals surface area contributed by atoms with E-state index in [1.54, 1.807) is 0 Å². The second-order valence-corrected chi connectivity index (χ2v) is 5.04. The number of anilines is 1. The van der Waals surface area contributed by atoms with Crippen molar-refractivity contribution in [3.8, 4) is 5.75 Å². The molecule has 0 aromatic heterocycles. The van der Waals surface area contributed by atoms with Crippen LogP contribution in [0.1, 0.15) is 0 Å². The zero-order chi connectivity index (χ0) is 12.6. The lowest BCUT2D eigenvalue weighted by Gasteiger charge is -2.11. The summed E-state index contributed by atoms with van der Waals surface area (Å²) in [6.45, 7) is 0. The minimum absolute atomic E-state index is 0.287. The Morgan fingerprint density at radius 3 is 2.31 bits per heavy atom. The van der Waals surface area contributed by atoms with E-state index in [9.17, 15) is 21.6 Å². The van der Waals surface area contributed by atoms with Crippen LogP contribution < -0.4 is 10.5 Å². The van der Waals surface area contributed by atoms with Gasteiger partial charge >= 0.3 is 6.36 Å². The maximum atomic E-state index is 11.9. The Bertz CT molecular complexity index is 496. The van der Waals surface area contributed by atoms with Gasteiger partial charge < -0.3 is 10.5 Å². The van der Waals surface area contributed by atoms with Crippen LogP contribution in [0.15, 0.2) is 23.1 Å². The number of sulfone groups is 1. The Balaban J connectivity index is 3.20. The number of nitrogen functional groups attached to an aromatic ring is 1. The molecule has 0 unspecified atom stereocenters. The fourth-order valence-corrected chi connectivity index (χ4v) is 1.59. The highest BCUT2D eigenvalue weighted by atomic mass is 32.2. The molecule has 2 N–H and O–H groups in total. The van der Waals surface area contributed by atoms with E-state index in [1.807, 2.05) is 0 Å². The first kappa shape index (κ1) is 12.6. The number of benzene rings is 1. The van der Waals surface area contributed by atoms with Crippen LogP contribution in [0.3, 0.4) is 0 Å². The van der Waals surface area contributed by atoms with Gasteiger partial charge in [0.2, 0.25) is 0 Å². The van der Waals surface area contributed by atoms with Gasteiger partial charge in [0.15, 0.2) is 15.6 Å². The fraction of sp³-hybridized carbons (Fsp3) is 0.250. The summed E-state index contributed by atoms with van der Waals surface area (Å²) in [5, 5.41) is 0. The van der Waals surface area contributed by atoms with Crippen LogP contribution in [0.2, 0.25) is 0 Å². The molecule has 0 fully saturated rings. The third-order valence-corrected chi connectivity index (χ3v) is 2.75. The molecule has 0 atom stereocenters. The van der Waals surface area contributed by atoms with Crippen LogP contribution in [0.25, 0.3) is 0 Å². The van der Waals surface area contributed by atoms with Crippen LogP contribution in [-0.4, -0.2) is 21.0 Å². The molecular weight excluding hydrogens is 247 g/mol. The van der Waals surface area contributed by atoms with E-state index < -0.39 is 21.9 Å². The summed E-state index contributed by atoms with van der Waals surface area (Å²) < 4.78 is 61.5. The molecule has 0 aliphatic heterocycles. The van der Waals surface area contributed by atoms with Gasteiger partial charge in [0.1, 0.15) is 0 Å². The van der Waals surface area contributed by atoms with Crippen molar-refractivity contribution in [2.45, 2.75) is 11.3 Å². The molecule has 0 aliphatic carbocycles. The average Bonchev–Trinajstić information content (AvgIpc) is 2.04. The van der Waals surface area contributed by atoms with Crippen LogP contribution >= 0.6 is 0 Å². The SMILES string of the molecule is CS(=O)(=O)c1ccc(N)c(OC(F)(F)F)c1. The van der Waals surface area contributed by atoms with E-state index in [0.717, 1.165) is 24.5 Å². The molecule has 1 aromatic rings. The molecule has 0 heterocycles. The smallest absolute Gasteiger partial charge is 0.404 e. The zero-order valence-electron chi connectivity index (χ0n) is 8.08. The predicted molar refractivity (Wildman–Crippen MR) is 50.6 cm³/mol. The highest BCUT2D eigenvalue weighted by Crippen LogP contribution is 2.30. The number of nitrogens with two attached hydrogens (primary N) is 1. The molecule has 0 aliphatic rings. The Morgan fingerprint density at radius 2 is 1.88 bits per heavy atom. The Kier molecular flexibility index (Phi) is 3.04. The second-order valence-electron chi connectivity index (χ2n) is 3.02. The minimum Gasteiger partial charge on any atom is -0.404 e. The van der Waals surface area contributed by atoms with Gasteiger partial charge in [0, 0.05) is 12.3 Å². The summed E-state index contributed by atoms with van der Waals surface area (Å²) in [5.41, 5.74) is 4.93. The maximum absolute atomic E-state index is 11.9. The van der Waals surface area contributed by atoms with Crippen LogP contribution in [0, 0.1) is 0 Å². The molecule has 1 aromatic carbocycles. The van der Waals surface area contributed by atoms with Gasteiger partial charge in [-0.2, -0.15) is 0 Å². The van der Waals surface area contributed by atoms with Crippen molar-refractivity contribution in [1.29, 1.82) is 0 Å². The fourth-order valence-electron chi connectivity index (χ4n) is 0.958. The van der Waals surface area contributed by atoms with Crippen molar-refractivity contribution in [1.82, 2.24) is 0 Å². The van der Waals surface area contributed by atoms with Crippen molar-refractivity contribution < 1.29 is 26.3 Å². The van der Waals surface area contributed by atoms with Gasteiger partial charge in [0.05, 0.1) is 10.6 Å². The molecular formula is C8H8F3NO3S. The van der Waals surface area contributed by atoms with Crippen molar-refractivity contribution in [2.75, 3.05) is 12.0 Å². The number of rotatable bonds is 2. The van der Waals surface area contributed by atoms with E-state index in [1.165, 1.54) is 0 Å². The summed E-state index contributed by atoms with van der Waals surface area (Å²) in [5.74, 6) is -0.726. The van der Waals surface area contributed by atoms with E-state index >= 15 is 0 Å². The average molecular weight is 255 g/mol. The first-order valence-corrected chi connectivity index (χ1v) is 5.84. The molecule has 8 heteroatoms. The zero-order valence-corrected chi connectivity index (χ0v) is 8.89. The van der Waals surface area contributed by atoms with Crippen molar-refractivity contribution in [2.24, 2.45) is 0 Å². The molecule has 0 amide bonds. The number of alkyl halides is 3. The van der Waals surface area contributed by atoms with Gasteiger partial charge in [-0.3, -0.25) is 0 Å². The summed E-state index contributed by atoms with van der Waals surface area (Å²) in [7, 11) is -3.60. The van der Waals surface area contributed by atoms with Gasteiger partial charge in [0.25, 0.3) is 0 Å². The monoisotopic (exact) mass is 255 g/mol. The first-order valence-electron chi connectivity index (χ1n) is 3.95. The van der Waals surface area contributed by atoms with Crippen LogP contribution in [0.4, 0.5) is 18.9 Å². The van der Waals surface area contributed by atoms with Gasteiger partial charge in [-0.25, -0.2) is 8.42 Å². The molecule has 0 saturated heterocycles. The molecule has 90 valence electrons. The summed E-state index contributed by atoms with van der Waals surface area (Å²) in [6.07, 6.45) is -4.04. The highest BCUT2D eigenvalue weighted by Gasteiger charge is 2.32. The van der Waals surface area contributed by atoms with Crippen molar-refractivity contribution >= 4 is 15.5 Å². The van der Waals surface area contributed by atoms with E-state index in [4.69, 9.17) is 5.73 Å². The number of ether oxygens (including phenoxy) is 1. The largest absolute Gasteiger partial charge is 0.573 e. The normalized spacial score (nSPS) is 12.5. The third-order valence-electron chi connectivity index (χ3n) is 1.64. The maximum Gasteiger partial charge on any atom is 0.573 e. The lowest BCUT2D eigenvalue weighted by Crippen LogP contribution is -2.18. The Labute approximate surface area is 89.7 Å². The van der Waals surface area contributed by atoms with Gasteiger partial charge in [-0.15, -0.1) is 13.2 Å². The van der Waals surface area contributed by atoms with E-state index in [2.05, 4.69) is 4.74 Å². The number of halogens is 3. The molecule has 0 bridgehead atoms. The predicted octanol–water partition coefficient (Wildman–Crippen LogP) is 1.57. The standard InChI is InChI=1S/C8H8F3NO3S/c1-16(13,14)5-2-3-6(12)7(4-5)15-8(9,10)11/h2-4H,12H2,1H3. The second kappa shape index (κ2) is 3.85. The van der Waals surface area contributed by atoms with Crippen molar-refractivity contribution in [3.05, 3.63) is 18.2 Å². The van der Waals surface area contributed by atoms with E-state index in [0.29, 0.717) is 0 Å². The van der Waals surface area contributed by atoms with Crippen molar-refractivity contribution in [3.63, 3.8) is 0 Å². The summed E-state index contributed by atoms with van der Waals surface area (Å²) >= 11 is 0. The summed E-state index contributed by atoms with van der Waals surface area (Å²) in [6, 6.07) is 2.88. The molecule has 16 heavy (non-hydrogen) atoms. The molecule has 1 rings (SSSR count). The Morgan fingerprint density at radius 1 is 1.31 bits per heavy atom. The molecule has 0 radical (unpaired) electrons. The first-order chi connectivity index (χ1) is 7.09. The minimum atomic E-state index is -4.91. The van der Waals surface area contributed by atoms with Gasteiger partial charge in [-0.1, -0.05) is 0 Å². The molecule has 0 spiro atoms. The lowest BCUT2D eigenvalue weighted by atomic mass is 10.3. The number of hydrogen-bond donors (Lipinski definition) is 1. The topological polar surface area (TPSA) is 69.4 Å². The molecule has 0 saturated carbocycles.